The Labute approximate surface area is 95.6 Å². The fourth-order valence-corrected chi connectivity index (χ4v) is 1.67. The number of nitrogens with zero attached hydrogens (tertiary/aromatic N) is 2. The number of hydrogen-bond donors (Lipinski definition) is 1. The summed E-state index contributed by atoms with van der Waals surface area (Å²) in [6.45, 7) is 6.66. The second-order valence-electron chi connectivity index (χ2n) is 3.76. The molecule has 0 aliphatic carbocycles. The number of carbonyl (C=O) groups excluding carboxylic acids is 1. The van der Waals surface area contributed by atoms with Gasteiger partial charge in [-0.15, -0.1) is 0 Å². The van der Waals surface area contributed by atoms with Crippen molar-refractivity contribution in [2.75, 3.05) is 12.8 Å². The van der Waals surface area contributed by atoms with Gasteiger partial charge >= 0.3 is 5.97 Å². The minimum atomic E-state index is -0.422. The van der Waals surface area contributed by atoms with Gasteiger partial charge in [-0.05, 0) is 19.3 Å². The summed E-state index contributed by atoms with van der Waals surface area (Å²) in [5.41, 5.74) is 7.12. The van der Waals surface area contributed by atoms with E-state index in [9.17, 15) is 4.79 Å². The lowest BCUT2D eigenvalue weighted by molar-refractivity contribution is 0.0591. The topological polar surface area (TPSA) is 70.1 Å². The number of aromatic nitrogens is 2. The number of rotatable bonds is 4. The van der Waals surface area contributed by atoms with Crippen LogP contribution in [0.1, 0.15) is 49.2 Å². The number of hydrogen-bond acceptors (Lipinski definition) is 4. The minimum absolute atomic E-state index is 0.203. The van der Waals surface area contributed by atoms with Gasteiger partial charge in [0, 0.05) is 12.1 Å². The van der Waals surface area contributed by atoms with Crippen LogP contribution in [-0.2, 0) is 11.3 Å². The monoisotopic (exact) mass is 225 g/mol. The van der Waals surface area contributed by atoms with E-state index in [2.05, 4.69) is 12.0 Å². The Hall–Kier alpha value is -1.52. The van der Waals surface area contributed by atoms with Crippen molar-refractivity contribution >= 4 is 11.8 Å². The zero-order chi connectivity index (χ0) is 12.3. The highest BCUT2D eigenvalue weighted by atomic mass is 16.5. The van der Waals surface area contributed by atoms with Crippen LogP contribution in [0, 0.1) is 0 Å². The Kier molecular flexibility index (Phi) is 3.93. The van der Waals surface area contributed by atoms with Crippen LogP contribution in [0.25, 0.3) is 0 Å². The summed E-state index contributed by atoms with van der Waals surface area (Å²) in [4.78, 5) is 11.6. The molecule has 0 radical (unpaired) electrons. The Bertz CT molecular complexity index is 385. The van der Waals surface area contributed by atoms with Crippen molar-refractivity contribution in [1.29, 1.82) is 0 Å². The number of nitrogen functional groups attached to an aromatic ring is 1. The molecule has 90 valence electrons. The molecule has 0 spiro atoms. The number of carbonyl (C=O) groups is 1. The quantitative estimate of drug-likeness (QED) is 0.793. The summed E-state index contributed by atoms with van der Waals surface area (Å²) in [6.07, 6.45) is 0.906. The van der Waals surface area contributed by atoms with E-state index in [4.69, 9.17) is 10.5 Å². The van der Waals surface area contributed by atoms with Crippen molar-refractivity contribution < 1.29 is 9.53 Å². The maximum Gasteiger partial charge on any atom is 0.358 e. The van der Waals surface area contributed by atoms with Crippen molar-refractivity contribution in [2.24, 2.45) is 0 Å². The molecular formula is C11H19N3O2. The van der Waals surface area contributed by atoms with Gasteiger partial charge in [0.1, 0.15) is 5.82 Å². The van der Waals surface area contributed by atoms with Gasteiger partial charge in [0.05, 0.1) is 7.11 Å². The first-order valence-electron chi connectivity index (χ1n) is 5.51. The van der Waals surface area contributed by atoms with Crippen molar-refractivity contribution in [1.82, 2.24) is 9.78 Å². The lowest BCUT2D eigenvalue weighted by Crippen LogP contribution is -2.07. The average molecular weight is 225 g/mol. The lowest BCUT2D eigenvalue weighted by Gasteiger charge is -2.09. The standard InChI is InChI=1S/C11H19N3O2/c1-5-7(3)8-9(11(15)16-4)13-14(6-2)10(8)12/h7H,5-6,12H2,1-4H3. The van der Waals surface area contributed by atoms with Gasteiger partial charge in [-0.3, -0.25) is 0 Å². The van der Waals surface area contributed by atoms with E-state index in [0.29, 0.717) is 18.1 Å². The van der Waals surface area contributed by atoms with Crippen LogP contribution < -0.4 is 5.73 Å². The molecule has 0 saturated carbocycles. The maximum absolute atomic E-state index is 11.6. The molecule has 5 nitrogen and oxygen atoms in total. The highest BCUT2D eigenvalue weighted by molar-refractivity contribution is 5.90. The van der Waals surface area contributed by atoms with E-state index in [-0.39, 0.29) is 5.92 Å². The van der Waals surface area contributed by atoms with E-state index < -0.39 is 5.97 Å². The molecule has 1 atom stereocenters. The van der Waals surface area contributed by atoms with Crippen LogP contribution in [0.2, 0.25) is 0 Å². The SMILES string of the molecule is CCC(C)c1c(C(=O)OC)nn(CC)c1N. The number of nitrogens with two attached hydrogens (primary N) is 1. The molecule has 5 heteroatoms. The van der Waals surface area contributed by atoms with E-state index >= 15 is 0 Å². The fraction of sp³-hybridized carbons (Fsp3) is 0.636. The van der Waals surface area contributed by atoms with Gasteiger partial charge in [0.2, 0.25) is 0 Å². The van der Waals surface area contributed by atoms with Crippen molar-refractivity contribution in [3.8, 4) is 0 Å². The molecular weight excluding hydrogens is 206 g/mol. The van der Waals surface area contributed by atoms with Gasteiger partial charge in [-0.25, -0.2) is 9.48 Å². The molecule has 0 aliphatic heterocycles. The third kappa shape index (κ3) is 2.03. The van der Waals surface area contributed by atoms with Gasteiger partial charge in [-0.2, -0.15) is 5.10 Å². The second kappa shape index (κ2) is 5.01. The summed E-state index contributed by atoms with van der Waals surface area (Å²) in [5, 5.41) is 4.19. The van der Waals surface area contributed by atoms with Crippen LogP contribution in [0.15, 0.2) is 0 Å². The number of aryl methyl sites for hydroxylation is 1. The Morgan fingerprint density at radius 3 is 2.62 bits per heavy atom. The molecule has 0 aliphatic rings. The van der Waals surface area contributed by atoms with Crippen molar-refractivity contribution in [3.05, 3.63) is 11.3 Å². The molecule has 1 rings (SSSR count). The molecule has 2 N–H and O–H groups in total. The fourth-order valence-electron chi connectivity index (χ4n) is 1.67. The zero-order valence-electron chi connectivity index (χ0n) is 10.3. The molecule has 0 bridgehead atoms. The number of esters is 1. The smallest absolute Gasteiger partial charge is 0.358 e. The van der Waals surface area contributed by atoms with Gasteiger partial charge in [0.15, 0.2) is 5.69 Å². The predicted octanol–water partition coefficient (Wildman–Crippen LogP) is 1.79. The molecule has 0 amide bonds. The highest BCUT2D eigenvalue weighted by Crippen LogP contribution is 2.28. The van der Waals surface area contributed by atoms with E-state index in [1.165, 1.54) is 7.11 Å². The van der Waals surface area contributed by atoms with Gasteiger partial charge in [0.25, 0.3) is 0 Å². The highest BCUT2D eigenvalue weighted by Gasteiger charge is 2.24. The Balaban J connectivity index is 3.30. The summed E-state index contributed by atoms with van der Waals surface area (Å²) in [6, 6.07) is 0. The Morgan fingerprint density at radius 2 is 2.19 bits per heavy atom. The normalized spacial score (nSPS) is 12.5. The van der Waals surface area contributed by atoms with E-state index in [1.54, 1.807) is 4.68 Å². The number of methoxy groups -OCH3 is 1. The molecule has 0 aromatic carbocycles. The van der Waals surface area contributed by atoms with Crippen molar-refractivity contribution in [3.63, 3.8) is 0 Å². The summed E-state index contributed by atoms with van der Waals surface area (Å²) in [7, 11) is 1.35. The van der Waals surface area contributed by atoms with Crippen LogP contribution >= 0.6 is 0 Å². The molecule has 1 aromatic heterocycles. The third-order valence-corrected chi connectivity index (χ3v) is 2.81. The maximum atomic E-state index is 11.6. The Morgan fingerprint density at radius 1 is 1.56 bits per heavy atom. The molecule has 0 fully saturated rings. The number of anilines is 1. The second-order valence-corrected chi connectivity index (χ2v) is 3.76. The summed E-state index contributed by atoms with van der Waals surface area (Å²) in [5.74, 6) is 0.348. The number of ether oxygens (including phenoxy) is 1. The van der Waals surface area contributed by atoms with Crippen LogP contribution in [0.4, 0.5) is 5.82 Å². The summed E-state index contributed by atoms with van der Waals surface area (Å²) >= 11 is 0. The minimum Gasteiger partial charge on any atom is -0.464 e. The molecule has 0 saturated heterocycles. The molecule has 16 heavy (non-hydrogen) atoms. The van der Waals surface area contributed by atoms with Crippen LogP contribution in [0.3, 0.4) is 0 Å². The molecule has 1 heterocycles. The van der Waals surface area contributed by atoms with E-state index in [1.807, 2.05) is 13.8 Å². The van der Waals surface area contributed by atoms with Crippen molar-refractivity contribution in [2.45, 2.75) is 39.7 Å². The predicted molar refractivity (Wildman–Crippen MR) is 62.4 cm³/mol. The molecule has 1 aromatic rings. The lowest BCUT2D eigenvalue weighted by atomic mass is 9.98. The van der Waals surface area contributed by atoms with E-state index in [0.717, 1.165) is 12.0 Å². The largest absolute Gasteiger partial charge is 0.464 e. The molecule has 1 unspecified atom stereocenters. The summed E-state index contributed by atoms with van der Waals surface area (Å²) < 4.78 is 6.35. The first-order chi connectivity index (χ1) is 7.56. The van der Waals surface area contributed by atoms with Crippen LogP contribution in [-0.4, -0.2) is 22.9 Å². The van der Waals surface area contributed by atoms with Gasteiger partial charge in [-0.1, -0.05) is 13.8 Å². The van der Waals surface area contributed by atoms with Crippen LogP contribution in [0.5, 0.6) is 0 Å². The average Bonchev–Trinajstić information content (AvgIpc) is 2.64. The first kappa shape index (κ1) is 12.5. The zero-order valence-corrected chi connectivity index (χ0v) is 10.3. The third-order valence-electron chi connectivity index (χ3n) is 2.81. The van der Waals surface area contributed by atoms with Gasteiger partial charge < -0.3 is 10.5 Å². The first-order valence-corrected chi connectivity index (χ1v) is 5.51.